The molecule has 0 spiro atoms. The lowest BCUT2D eigenvalue weighted by molar-refractivity contribution is -0.140. The minimum Gasteiger partial charge on any atom is -0.508 e. The van der Waals surface area contributed by atoms with Gasteiger partial charge < -0.3 is 15.3 Å². The van der Waals surface area contributed by atoms with Crippen molar-refractivity contribution < 1.29 is 20.1 Å². The quantitative estimate of drug-likeness (QED) is 0.729. The first-order chi connectivity index (χ1) is 11.8. The Bertz CT molecular complexity index is 725. The highest BCUT2D eigenvalue weighted by Gasteiger charge is 2.60. The fourth-order valence-corrected chi connectivity index (χ4v) is 5.07. The molecule has 0 unspecified atom stereocenters. The van der Waals surface area contributed by atoms with Crippen molar-refractivity contribution in [2.75, 3.05) is 0 Å². The van der Waals surface area contributed by atoms with Crippen molar-refractivity contribution in [2.45, 2.75) is 57.5 Å². The van der Waals surface area contributed by atoms with E-state index in [0.29, 0.717) is 37.7 Å². The number of ketones is 1. The third-order valence-corrected chi connectivity index (χ3v) is 6.70. The summed E-state index contributed by atoms with van der Waals surface area (Å²) >= 11 is 0. The Morgan fingerprint density at radius 1 is 1.32 bits per heavy atom. The van der Waals surface area contributed by atoms with Crippen LogP contribution in [-0.4, -0.2) is 26.7 Å². The first kappa shape index (κ1) is 17.8. The van der Waals surface area contributed by atoms with Crippen molar-refractivity contribution in [2.24, 2.45) is 17.3 Å². The highest BCUT2D eigenvalue weighted by atomic mass is 16.3. The second-order valence-electron chi connectivity index (χ2n) is 7.85. The monoisotopic (exact) mass is 343 g/mol. The summed E-state index contributed by atoms with van der Waals surface area (Å²) in [4.78, 5) is 12.6. The van der Waals surface area contributed by atoms with Gasteiger partial charge in [-0.2, -0.15) is 5.26 Å². The van der Waals surface area contributed by atoms with Crippen LogP contribution in [0.1, 0.15) is 51.0 Å². The number of aromatic hydroxyl groups is 2. The third-order valence-electron chi connectivity index (χ3n) is 6.70. The Kier molecular flexibility index (Phi) is 4.51. The van der Waals surface area contributed by atoms with Crippen molar-refractivity contribution in [3.63, 3.8) is 0 Å². The van der Waals surface area contributed by atoms with Crippen LogP contribution in [-0.2, 0) is 11.2 Å². The molecule has 2 aliphatic rings. The van der Waals surface area contributed by atoms with Gasteiger partial charge in [0.1, 0.15) is 17.3 Å². The van der Waals surface area contributed by atoms with Gasteiger partial charge in [0.05, 0.1) is 18.1 Å². The molecule has 0 heterocycles. The number of nitriles is 1. The minimum atomic E-state index is -1.02. The maximum atomic E-state index is 12.6. The predicted molar refractivity (Wildman–Crippen MR) is 91.8 cm³/mol. The van der Waals surface area contributed by atoms with E-state index < -0.39 is 11.0 Å². The molecule has 0 aliphatic heterocycles. The maximum absolute atomic E-state index is 12.6. The number of fused-ring (bicyclic) bond motifs is 1. The lowest BCUT2D eigenvalue weighted by Crippen LogP contribution is -2.50. The van der Waals surface area contributed by atoms with Crippen LogP contribution in [0, 0.1) is 28.6 Å². The van der Waals surface area contributed by atoms with E-state index in [9.17, 15) is 20.1 Å². The standard InChI is InChI=1S/C20H25NO4/c1-19-8-7-18(24)15(16(19)6-9-20(19,25)10-11-21)4-2-13-12-14(22)3-5-17(13)23/h3,5,12,15-16,22-23,25H,2,4,6-10H2,1H3/t15-,16-,19-,20+/m0/s1. The smallest absolute Gasteiger partial charge is 0.136 e. The zero-order chi connectivity index (χ0) is 18.2. The lowest BCUT2D eigenvalue weighted by atomic mass is 9.58. The molecule has 0 saturated heterocycles. The zero-order valence-electron chi connectivity index (χ0n) is 14.5. The molecule has 2 saturated carbocycles. The summed E-state index contributed by atoms with van der Waals surface area (Å²) in [5, 5.41) is 39.7. The maximum Gasteiger partial charge on any atom is 0.136 e. The first-order valence-electron chi connectivity index (χ1n) is 8.94. The van der Waals surface area contributed by atoms with Crippen molar-refractivity contribution >= 4 is 5.78 Å². The molecule has 0 aromatic heterocycles. The van der Waals surface area contributed by atoms with Crippen LogP contribution in [0.5, 0.6) is 11.5 Å². The number of hydrogen-bond donors (Lipinski definition) is 3. The number of nitrogens with zero attached hydrogens (tertiary/aromatic N) is 1. The Labute approximate surface area is 147 Å². The van der Waals surface area contributed by atoms with Crippen LogP contribution in [0.2, 0.25) is 0 Å². The van der Waals surface area contributed by atoms with Gasteiger partial charge >= 0.3 is 0 Å². The molecular weight excluding hydrogens is 318 g/mol. The number of aliphatic hydroxyl groups is 1. The van der Waals surface area contributed by atoms with Gasteiger partial charge in [0.15, 0.2) is 0 Å². The average Bonchev–Trinajstić information content (AvgIpc) is 2.82. The predicted octanol–water partition coefficient (Wildman–Crippen LogP) is 3.07. The average molecular weight is 343 g/mol. The van der Waals surface area contributed by atoms with E-state index in [1.165, 1.54) is 18.2 Å². The van der Waals surface area contributed by atoms with E-state index in [1.807, 2.05) is 6.92 Å². The Morgan fingerprint density at radius 2 is 2.08 bits per heavy atom. The largest absolute Gasteiger partial charge is 0.508 e. The molecule has 1 aromatic rings. The summed E-state index contributed by atoms with van der Waals surface area (Å²) in [7, 11) is 0. The minimum absolute atomic E-state index is 0.0616. The molecule has 5 nitrogen and oxygen atoms in total. The van der Waals surface area contributed by atoms with E-state index in [4.69, 9.17) is 5.26 Å². The van der Waals surface area contributed by atoms with Crippen molar-refractivity contribution in [3.8, 4) is 17.6 Å². The Hall–Kier alpha value is -2.06. The summed E-state index contributed by atoms with van der Waals surface area (Å²) in [6.07, 6.45) is 3.55. The molecule has 5 heteroatoms. The van der Waals surface area contributed by atoms with Gasteiger partial charge in [-0.3, -0.25) is 4.79 Å². The second kappa shape index (κ2) is 6.34. The number of Topliss-reactive ketones (excluding diaryl/α,β-unsaturated/α-hetero) is 1. The number of carbonyl (C=O) groups excluding carboxylic acids is 1. The molecule has 3 rings (SSSR count). The van der Waals surface area contributed by atoms with Crippen LogP contribution in [0.3, 0.4) is 0 Å². The molecule has 2 fully saturated rings. The SMILES string of the molecule is C[C@]12CCC(=O)[C@@H](CCc3cc(O)ccc3O)[C@@H]1CC[C@@]2(O)CC#N. The van der Waals surface area contributed by atoms with Crippen LogP contribution in [0.15, 0.2) is 18.2 Å². The summed E-state index contributed by atoms with van der Waals surface area (Å²) in [5.41, 5.74) is -0.800. The number of rotatable bonds is 4. The Morgan fingerprint density at radius 3 is 2.80 bits per heavy atom. The topological polar surface area (TPSA) is 102 Å². The van der Waals surface area contributed by atoms with Crippen LogP contribution >= 0.6 is 0 Å². The van der Waals surface area contributed by atoms with E-state index in [-0.39, 0.29) is 35.5 Å². The molecular formula is C20H25NO4. The summed E-state index contributed by atoms with van der Waals surface area (Å²) in [6, 6.07) is 6.53. The van der Waals surface area contributed by atoms with Crippen LogP contribution in [0.4, 0.5) is 0 Å². The molecule has 0 amide bonds. The molecule has 3 N–H and O–H groups in total. The normalized spacial score (nSPS) is 34.5. The van der Waals surface area contributed by atoms with Crippen LogP contribution < -0.4 is 0 Å². The number of phenolic OH excluding ortho intramolecular Hbond substituents is 2. The highest BCUT2D eigenvalue weighted by Crippen LogP contribution is 2.60. The van der Waals surface area contributed by atoms with Gasteiger partial charge in [-0.05, 0) is 61.8 Å². The summed E-state index contributed by atoms with van der Waals surface area (Å²) < 4.78 is 0. The molecule has 0 bridgehead atoms. The van der Waals surface area contributed by atoms with E-state index >= 15 is 0 Å². The number of hydrogen-bond acceptors (Lipinski definition) is 5. The molecule has 0 radical (unpaired) electrons. The van der Waals surface area contributed by atoms with Gasteiger partial charge in [-0.1, -0.05) is 6.92 Å². The highest BCUT2D eigenvalue weighted by molar-refractivity contribution is 5.82. The van der Waals surface area contributed by atoms with E-state index in [2.05, 4.69) is 6.07 Å². The summed E-state index contributed by atoms with van der Waals surface area (Å²) in [6.45, 7) is 2.02. The lowest BCUT2D eigenvalue weighted by Gasteiger charge is -2.47. The van der Waals surface area contributed by atoms with Gasteiger partial charge in [0.2, 0.25) is 0 Å². The molecule has 1 aromatic carbocycles. The number of carbonyl (C=O) groups is 1. The summed E-state index contributed by atoms with van der Waals surface area (Å²) in [5.74, 6) is 0.316. The molecule has 134 valence electrons. The zero-order valence-corrected chi connectivity index (χ0v) is 14.5. The molecule has 25 heavy (non-hydrogen) atoms. The van der Waals surface area contributed by atoms with Gasteiger partial charge in [-0.25, -0.2) is 0 Å². The van der Waals surface area contributed by atoms with Crippen molar-refractivity contribution in [1.82, 2.24) is 0 Å². The number of phenols is 2. The van der Waals surface area contributed by atoms with Crippen molar-refractivity contribution in [1.29, 1.82) is 5.26 Å². The Balaban J connectivity index is 1.80. The fourth-order valence-electron chi connectivity index (χ4n) is 5.07. The molecule has 4 atom stereocenters. The van der Waals surface area contributed by atoms with Gasteiger partial charge in [0, 0.05) is 17.8 Å². The number of aryl methyl sites for hydroxylation is 1. The second-order valence-corrected chi connectivity index (χ2v) is 7.85. The number of benzene rings is 1. The van der Waals surface area contributed by atoms with E-state index in [1.54, 1.807) is 0 Å². The van der Waals surface area contributed by atoms with Crippen LogP contribution in [0.25, 0.3) is 0 Å². The van der Waals surface area contributed by atoms with E-state index in [0.717, 1.165) is 6.42 Å². The van der Waals surface area contributed by atoms with Crippen molar-refractivity contribution in [3.05, 3.63) is 23.8 Å². The van der Waals surface area contributed by atoms with Gasteiger partial charge in [0.25, 0.3) is 0 Å². The van der Waals surface area contributed by atoms with Gasteiger partial charge in [-0.15, -0.1) is 0 Å². The first-order valence-corrected chi connectivity index (χ1v) is 8.94. The third kappa shape index (κ3) is 2.89. The fraction of sp³-hybridized carbons (Fsp3) is 0.600. The molecule has 2 aliphatic carbocycles.